The minimum atomic E-state index is 0.464. The van der Waals surface area contributed by atoms with Crippen molar-refractivity contribution in [2.75, 3.05) is 13.6 Å². The number of nitrogens with one attached hydrogen (secondary N) is 1. The minimum Gasteiger partial charge on any atom is -0.319 e. The molecule has 15 heavy (non-hydrogen) atoms. The van der Waals surface area contributed by atoms with Crippen LogP contribution in [0.5, 0.6) is 0 Å². The molecule has 0 bridgehead atoms. The van der Waals surface area contributed by atoms with Crippen LogP contribution in [0.3, 0.4) is 0 Å². The molecule has 0 aromatic heterocycles. The van der Waals surface area contributed by atoms with Gasteiger partial charge < -0.3 is 5.32 Å². The van der Waals surface area contributed by atoms with Crippen LogP contribution in [0.4, 0.5) is 0 Å². The number of carbonyl (C=O) groups excluding carboxylic acids is 1. The fourth-order valence-electron chi connectivity index (χ4n) is 1.06. The second-order valence-electron chi connectivity index (χ2n) is 3.01. The summed E-state index contributed by atoms with van der Waals surface area (Å²) < 4.78 is 0. The first-order valence-electron chi connectivity index (χ1n) is 4.66. The number of rotatable bonds is 3. The van der Waals surface area contributed by atoms with E-state index in [1.165, 1.54) is 0 Å². The third-order valence-electron chi connectivity index (χ3n) is 1.86. The van der Waals surface area contributed by atoms with Crippen LogP contribution in [0.15, 0.2) is 18.2 Å². The van der Waals surface area contributed by atoms with Crippen molar-refractivity contribution in [3.63, 3.8) is 0 Å². The lowest BCUT2D eigenvalue weighted by Gasteiger charge is -1.96. The highest BCUT2D eigenvalue weighted by Crippen LogP contribution is 2.14. The SMILES string of the molecule is CNCCC#Cc1ccc(Cl)c(C=O)c1. The van der Waals surface area contributed by atoms with Gasteiger partial charge in [-0.1, -0.05) is 23.4 Å². The zero-order chi connectivity index (χ0) is 11.1. The van der Waals surface area contributed by atoms with E-state index in [0.29, 0.717) is 10.6 Å². The van der Waals surface area contributed by atoms with Gasteiger partial charge in [0.25, 0.3) is 0 Å². The van der Waals surface area contributed by atoms with E-state index >= 15 is 0 Å². The highest BCUT2D eigenvalue weighted by Gasteiger charge is 1.98. The van der Waals surface area contributed by atoms with Crippen molar-refractivity contribution < 1.29 is 4.79 Å². The molecule has 0 spiro atoms. The lowest BCUT2D eigenvalue weighted by atomic mass is 10.1. The molecule has 0 radical (unpaired) electrons. The molecule has 0 saturated carbocycles. The molecule has 0 atom stereocenters. The minimum absolute atomic E-state index is 0.464. The summed E-state index contributed by atoms with van der Waals surface area (Å²) in [5.41, 5.74) is 1.30. The summed E-state index contributed by atoms with van der Waals surface area (Å²) >= 11 is 5.79. The van der Waals surface area contributed by atoms with Crippen LogP contribution < -0.4 is 5.32 Å². The number of halogens is 1. The average molecular weight is 222 g/mol. The summed E-state index contributed by atoms with van der Waals surface area (Å²) in [4.78, 5) is 10.6. The van der Waals surface area contributed by atoms with Gasteiger partial charge in [0.2, 0.25) is 0 Å². The van der Waals surface area contributed by atoms with Crippen LogP contribution >= 0.6 is 11.6 Å². The maximum Gasteiger partial charge on any atom is 0.151 e. The van der Waals surface area contributed by atoms with Gasteiger partial charge in [0, 0.05) is 24.1 Å². The zero-order valence-electron chi connectivity index (χ0n) is 8.51. The largest absolute Gasteiger partial charge is 0.319 e. The molecule has 0 aliphatic heterocycles. The molecule has 2 nitrogen and oxygen atoms in total. The molecule has 0 heterocycles. The quantitative estimate of drug-likeness (QED) is 0.481. The molecule has 3 heteroatoms. The molecule has 0 unspecified atom stereocenters. The molecular formula is C12H12ClNO. The number of hydrogen-bond acceptors (Lipinski definition) is 2. The second-order valence-corrected chi connectivity index (χ2v) is 3.42. The van der Waals surface area contributed by atoms with Gasteiger partial charge in [-0.2, -0.15) is 0 Å². The van der Waals surface area contributed by atoms with E-state index in [9.17, 15) is 4.79 Å². The third-order valence-corrected chi connectivity index (χ3v) is 2.20. The molecule has 0 amide bonds. The van der Waals surface area contributed by atoms with Crippen molar-refractivity contribution in [2.45, 2.75) is 6.42 Å². The molecular weight excluding hydrogens is 210 g/mol. The van der Waals surface area contributed by atoms with Crippen LogP contribution in [-0.2, 0) is 0 Å². The Morgan fingerprint density at radius 3 is 3.00 bits per heavy atom. The lowest BCUT2D eigenvalue weighted by molar-refractivity contribution is 0.112. The number of carbonyl (C=O) groups is 1. The molecule has 1 aromatic carbocycles. The Morgan fingerprint density at radius 1 is 1.53 bits per heavy atom. The van der Waals surface area contributed by atoms with Gasteiger partial charge in [0.15, 0.2) is 6.29 Å². The van der Waals surface area contributed by atoms with Gasteiger partial charge in [-0.15, -0.1) is 0 Å². The highest BCUT2D eigenvalue weighted by molar-refractivity contribution is 6.32. The summed E-state index contributed by atoms with van der Waals surface area (Å²) in [5.74, 6) is 5.98. The monoisotopic (exact) mass is 221 g/mol. The maximum absolute atomic E-state index is 10.6. The number of hydrogen-bond donors (Lipinski definition) is 1. The van der Waals surface area contributed by atoms with E-state index < -0.39 is 0 Å². The van der Waals surface area contributed by atoms with Crippen LogP contribution in [0, 0.1) is 11.8 Å². The average Bonchev–Trinajstić information content (AvgIpc) is 2.26. The Kier molecular flexibility index (Phi) is 4.89. The summed E-state index contributed by atoms with van der Waals surface area (Å²) in [5, 5.41) is 3.47. The molecule has 0 aliphatic rings. The van der Waals surface area contributed by atoms with E-state index in [1.807, 2.05) is 13.1 Å². The summed E-state index contributed by atoms with van der Waals surface area (Å²) in [6.45, 7) is 0.862. The van der Waals surface area contributed by atoms with Crippen molar-refractivity contribution in [3.8, 4) is 11.8 Å². The predicted octanol–water partition coefficient (Wildman–Crippen LogP) is 2.11. The summed E-state index contributed by atoms with van der Waals surface area (Å²) in [7, 11) is 1.88. The van der Waals surface area contributed by atoms with E-state index in [4.69, 9.17) is 11.6 Å². The Balaban J connectivity index is 2.76. The molecule has 78 valence electrons. The maximum atomic E-state index is 10.6. The van der Waals surface area contributed by atoms with Crippen molar-refractivity contribution in [1.82, 2.24) is 5.32 Å². The second kappa shape index (κ2) is 6.23. The normalized spacial score (nSPS) is 9.20. The Hall–Kier alpha value is -1.30. The van der Waals surface area contributed by atoms with Gasteiger partial charge in [0.05, 0.1) is 5.02 Å². The predicted molar refractivity (Wildman–Crippen MR) is 62.3 cm³/mol. The van der Waals surface area contributed by atoms with Gasteiger partial charge in [0.1, 0.15) is 0 Å². The first-order chi connectivity index (χ1) is 7.27. The van der Waals surface area contributed by atoms with Crippen LogP contribution in [0.1, 0.15) is 22.3 Å². The fourth-order valence-corrected chi connectivity index (χ4v) is 1.23. The lowest BCUT2D eigenvalue weighted by Crippen LogP contribution is -2.05. The number of aldehydes is 1. The molecule has 1 aromatic rings. The summed E-state index contributed by atoms with van der Waals surface area (Å²) in [6.07, 6.45) is 1.52. The van der Waals surface area contributed by atoms with E-state index in [2.05, 4.69) is 17.2 Å². The Labute approximate surface area is 94.6 Å². The Bertz CT molecular complexity index is 404. The molecule has 1 N–H and O–H groups in total. The molecule has 0 aliphatic carbocycles. The highest BCUT2D eigenvalue weighted by atomic mass is 35.5. The van der Waals surface area contributed by atoms with Gasteiger partial charge in [-0.3, -0.25) is 4.79 Å². The third kappa shape index (κ3) is 3.75. The van der Waals surface area contributed by atoms with Crippen LogP contribution in [0.2, 0.25) is 5.02 Å². The standard InChI is InChI=1S/C12H12ClNO/c1-14-7-3-2-4-10-5-6-12(13)11(8-10)9-15/h5-6,8-9,14H,3,7H2,1H3. The van der Waals surface area contributed by atoms with Crippen molar-refractivity contribution in [3.05, 3.63) is 34.3 Å². The Morgan fingerprint density at radius 2 is 2.33 bits per heavy atom. The zero-order valence-corrected chi connectivity index (χ0v) is 9.27. The van der Waals surface area contributed by atoms with E-state index in [-0.39, 0.29) is 0 Å². The summed E-state index contributed by atoms with van der Waals surface area (Å²) in [6, 6.07) is 5.19. The first kappa shape index (κ1) is 11.8. The molecule has 0 fully saturated rings. The van der Waals surface area contributed by atoms with Crippen molar-refractivity contribution in [1.29, 1.82) is 0 Å². The van der Waals surface area contributed by atoms with Gasteiger partial charge >= 0.3 is 0 Å². The topological polar surface area (TPSA) is 29.1 Å². The van der Waals surface area contributed by atoms with Crippen LogP contribution in [0.25, 0.3) is 0 Å². The molecule has 0 saturated heterocycles. The van der Waals surface area contributed by atoms with E-state index in [1.54, 1.807) is 12.1 Å². The van der Waals surface area contributed by atoms with Gasteiger partial charge in [-0.25, -0.2) is 0 Å². The fraction of sp³-hybridized carbons (Fsp3) is 0.250. The van der Waals surface area contributed by atoms with E-state index in [0.717, 1.165) is 24.8 Å². The smallest absolute Gasteiger partial charge is 0.151 e. The van der Waals surface area contributed by atoms with Crippen molar-refractivity contribution in [2.24, 2.45) is 0 Å². The number of benzene rings is 1. The van der Waals surface area contributed by atoms with Gasteiger partial charge in [-0.05, 0) is 25.2 Å². The van der Waals surface area contributed by atoms with Crippen LogP contribution in [-0.4, -0.2) is 19.9 Å². The molecule has 1 rings (SSSR count). The first-order valence-corrected chi connectivity index (χ1v) is 5.04. The van der Waals surface area contributed by atoms with Crippen molar-refractivity contribution >= 4 is 17.9 Å².